The summed E-state index contributed by atoms with van der Waals surface area (Å²) in [6.45, 7) is 6.32. The molecule has 0 aliphatic heterocycles. The summed E-state index contributed by atoms with van der Waals surface area (Å²) in [5.41, 5.74) is 9.31. The first-order chi connectivity index (χ1) is 12.3. The first-order valence-electron chi connectivity index (χ1n) is 9.26. The molecule has 0 saturated heterocycles. The quantitative estimate of drug-likeness (QED) is 0.642. The van der Waals surface area contributed by atoms with Crippen LogP contribution in [0.4, 0.5) is 0 Å². The van der Waals surface area contributed by atoms with Gasteiger partial charge in [0.2, 0.25) is 0 Å². The van der Waals surface area contributed by atoms with Crippen LogP contribution in [0.2, 0.25) is 0 Å². The third kappa shape index (κ3) is 3.03. The van der Waals surface area contributed by atoms with Crippen molar-refractivity contribution in [1.82, 2.24) is 0 Å². The van der Waals surface area contributed by atoms with Crippen molar-refractivity contribution < 1.29 is 4.74 Å². The smallest absolute Gasteiger partial charge is 0.136 e. The molecule has 5 nitrogen and oxygen atoms in total. The van der Waals surface area contributed by atoms with Crippen LogP contribution in [0, 0.1) is 34.0 Å². The highest BCUT2D eigenvalue weighted by atomic mass is 16.5. The van der Waals surface area contributed by atoms with Crippen molar-refractivity contribution in [1.29, 1.82) is 10.7 Å². The number of ether oxygens (including phenoxy) is 1. The second kappa shape index (κ2) is 6.85. The number of hydrogen-bond donors (Lipinski definition) is 2. The third-order valence-electron chi connectivity index (χ3n) is 6.26. The van der Waals surface area contributed by atoms with Crippen LogP contribution < -0.4 is 5.73 Å². The number of nitrogens with zero attached hydrogens (tertiary/aromatic N) is 2. The molecule has 0 radical (unpaired) electrons. The van der Waals surface area contributed by atoms with E-state index in [1.54, 1.807) is 14.0 Å². The zero-order valence-corrected chi connectivity index (χ0v) is 16.0. The Kier molecular flexibility index (Phi) is 4.90. The molecule has 0 heterocycles. The maximum atomic E-state index is 9.32. The van der Waals surface area contributed by atoms with E-state index in [2.05, 4.69) is 26.0 Å². The predicted molar refractivity (Wildman–Crippen MR) is 103 cm³/mol. The van der Waals surface area contributed by atoms with Crippen molar-refractivity contribution in [3.8, 4) is 6.07 Å². The third-order valence-corrected chi connectivity index (χ3v) is 6.26. The fourth-order valence-corrected chi connectivity index (χ4v) is 5.35. The van der Waals surface area contributed by atoms with E-state index in [-0.39, 0.29) is 23.4 Å². The van der Waals surface area contributed by atoms with Gasteiger partial charge < -0.3 is 10.5 Å². The molecule has 0 amide bonds. The van der Waals surface area contributed by atoms with Crippen molar-refractivity contribution in [3.05, 3.63) is 34.9 Å². The average molecular weight is 352 g/mol. The summed E-state index contributed by atoms with van der Waals surface area (Å²) in [5.74, 6) is 0.879. The van der Waals surface area contributed by atoms with Gasteiger partial charge in [-0.05, 0) is 61.3 Å². The van der Waals surface area contributed by atoms with Gasteiger partial charge in [0, 0.05) is 12.5 Å². The van der Waals surface area contributed by atoms with Gasteiger partial charge in [0.05, 0.1) is 29.5 Å². The van der Waals surface area contributed by atoms with Crippen molar-refractivity contribution >= 4 is 11.5 Å². The lowest BCUT2D eigenvalue weighted by molar-refractivity contribution is -0.0573. The van der Waals surface area contributed by atoms with E-state index in [0.717, 1.165) is 24.8 Å². The minimum atomic E-state index is -0.0580. The molecule has 1 aromatic carbocycles. The van der Waals surface area contributed by atoms with Gasteiger partial charge in [0.15, 0.2) is 0 Å². The van der Waals surface area contributed by atoms with Crippen LogP contribution in [0.3, 0.4) is 0 Å². The number of aliphatic imine (C=N–C) groups is 1. The highest BCUT2D eigenvalue weighted by molar-refractivity contribution is 6.38. The summed E-state index contributed by atoms with van der Waals surface area (Å²) < 4.78 is 5.75. The SMILES string of the molecule is COC1C(C)CC2(Cc3ccc(C#N)cc3C2N=C(C)C(=N)N)CC1C. The molecule has 0 bridgehead atoms. The molecular weight excluding hydrogens is 324 g/mol. The molecule has 2 aliphatic rings. The monoisotopic (exact) mass is 352 g/mol. The van der Waals surface area contributed by atoms with E-state index >= 15 is 0 Å². The summed E-state index contributed by atoms with van der Waals surface area (Å²) in [7, 11) is 1.80. The van der Waals surface area contributed by atoms with Gasteiger partial charge in [-0.2, -0.15) is 5.26 Å². The minimum absolute atomic E-state index is 0.000978. The van der Waals surface area contributed by atoms with Gasteiger partial charge in [-0.1, -0.05) is 19.9 Å². The Morgan fingerprint density at radius 1 is 1.35 bits per heavy atom. The lowest BCUT2D eigenvalue weighted by atomic mass is 9.61. The Labute approximate surface area is 155 Å². The van der Waals surface area contributed by atoms with Gasteiger partial charge in [-0.3, -0.25) is 10.4 Å². The molecule has 3 N–H and O–H groups in total. The Bertz CT molecular complexity index is 780. The number of nitrogens with two attached hydrogens (primary N) is 1. The average Bonchev–Trinajstić information content (AvgIpc) is 2.86. The number of fused-ring (bicyclic) bond motifs is 1. The number of rotatable bonds is 3. The van der Waals surface area contributed by atoms with Crippen LogP contribution in [-0.4, -0.2) is 24.8 Å². The van der Waals surface area contributed by atoms with Crippen LogP contribution in [0.15, 0.2) is 23.2 Å². The van der Waals surface area contributed by atoms with Crippen LogP contribution in [0.5, 0.6) is 0 Å². The normalized spacial score (nSPS) is 33.7. The maximum Gasteiger partial charge on any atom is 0.136 e. The summed E-state index contributed by atoms with van der Waals surface area (Å²) in [5, 5.41) is 17.1. The van der Waals surface area contributed by atoms with Crippen molar-refractivity contribution in [2.45, 2.75) is 52.2 Å². The number of amidine groups is 1. The van der Waals surface area contributed by atoms with Gasteiger partial charge in [-0.25, -0.2) is 0 Å². The molecule has 1 fully saturated rings. The molecule has 3 rings (SSSR count). The summed E-state index contributed by atoms with van der Waals surface area (Å²) in [6.07, 6.45) is 3.26. The lowest BCUT2D eigenvalue weighted by Crippen LogP contribution is -2.44. The standard InChI is InChI=1S/C21H28N4O/c1-12-8-21(9-13(2)18(12)26-4)10-16-6-5-15(11-22)7-17(16)19(21)25-14(3)20(23)24/h5-7,12-13,18-19H,8-10H2,1-4H3,(H3,23,24). The van der Waals surface area contributed by atoms with Crippen molar-refractivity contribution in [3.63, 3.8) is 0 Å². The van der Waals surface area contributed by atoms with Gasteiger partial charge in [-0.15, -0.1) is 0 Å². The molecule has 2 aliphatic carbocycles. The Morgan fingerprint density at radius 2 is 2.00 bits per heavy atom. The zero-order valence-electron chi connectivity index (χ0n) is 16.0. The first kappa shape index (κ1) is 18.6. The van der Waals surface area contributed by atoms with Gasteiger partial charge in [0.25, 0.3) is 0 Å². The van der Waals surface area contributed by atoms with E-state index in [1.165, 1.54) is 5.56 Å². The number of methoxy groups -OCH3 is 1. The molecular formula is C21H28N4O. The number of nitriles is 1. The largest absolute Gasteiger partial charge is 0.383 e. The topological polar surface area (TPSA) is 95.2 Å². The fraction of sp³-hybridized carbons (Fsp3) is 0.571. The molecule has 5 heteroatoms. The Morgan fingerprint density at radius 3 is 2.54 bits per heavy atom. The molecule has 26 heavy (non-hydrogen) atoms. The van der Waals surface area contributed by atoms with E-state index in [1.807, 2.05) is 12.1 Å². The fourth-order valence-electron chi connectivity index (χ4n) is 5.35. The van der Waals surface area contributed by atoms with Crippen molar-refractivity contribution in [2.75, 3.05) is 7.11 Å². The van der Waals surface area contributed by atoms with E-state index < -0.39 is 0 Å². The lowest BCUT2D eigenvalue weighted by Gasteiger charge is -2.47. The molecule has 3 unspecified atom stereocenters. The summed E-state index contributed by atoms with van der Waals surface area (Å²) in [6, 6.07) is 8.13. The Balaban J connectivity index is 2.09. The van der Waals surface area contributed by atoms with E-state index in [4.69, 9.17) is 20.9 Å². The predicted octanol–water partition coefficient (Wildman–Crippen LogP) is 3.62. The maximum absolute atomic E-state index is 9.32. The van der Waals surface area contributed by atoms with E-state index in [9.17, 15) is 5.26 Å². The molecule has 138 valence electrons. The van der Waals surface area contributed by atoms with Crippen LogP contribution >= 0.6 is 0 Å². The molecule has 1 spiro atoms. The second-order valence-corrected chi connectivity index (χ2v) is 8.16. The molecule has 3 atom stereocenters. The second-order valence-electron chi connectivity index (χ2n) is 8.16. The van der Waals surface area contributed by atoms with Gasteiger partial charge in [0.1, 0.15) is 5.84 Å². The van der Waals surface area contributed by atoms with E-state index in [0.29, 0.717) is 23.1 Å². The van der Waals surface area contributed by atoms with Crippen molar-refractivity contribution in [2.24, 2.45) is 28.0 Å². The molecule has 1 aromatic rings. The van der Waals surface area contributed by atoms with Crippen LogP contribution in [0.25, 0.3) is 0 Å². The Hall–Kier alpha value is -2.19. The highest BCUT2D eigenvalue weighted by Gasteiger charge is 2.52. The molecule has 0 aromatic heterocycles. The number of benzene rings is 1. The van der Waals surface area contributed by atoms with Crippen LogP contribution in [-0.2, 0) is 11.2 Å². The summed E-state index contributed by atoms with van der Waals surface area (Å²) >= 11 is 0. The number of nitrogens with one attached hydrogen (secondary N) is 1. The van der Waals surface area contributed by atoms with Gasteiger partial charge >= 0.3 is 0 Å². The number of hydrogen-bond acceptors (Lipinski definition) is 4. The zero-order chi connectivity index (χ0) is 19.1. The minimum Gasteiger partial charge on any atom is -0.383 e. The molecule has 1 saturated carbocycles. The highest BCUT2D eigenvalue weighted by Crippen LogP contribution is 2.58. The summed E-state index contributed by atoms with van der Waals surface area (Å²) in [4.78, 5) is 4.91. The van der Waals surface area contributed by atoms with Crippen LogP contribution in [0.1, 0.15) is 56.3 Å². The first-order valence-corrected chi connectivity index (χ1v) is 9.26.